The molecule has 0 radical (unpaired) electrons. The normalized spacial score (nSPS) is 11.4. The van der Waals surface area contributed by atoms with Gasteiger partial charge in [0.05, 0.1) is 18.1 Å². The standard InChI is InChI=1S/C9H15N5O2S/c1-4-13(5-2)14(15)12-16-8-6-7-10-9(11-8)17-3/h6-7H,4-5H2,1-3H3/b14-12-. The molecule has 0 aliphatic heterocycles. The minimum absolute atomic E-state index is 0.248. The SMILES string of the molecule is CCN(CC)/[N+]([O-])=N/Oc1ccnc(SC)n1. The smallest absolute Gasteiger partial charge is 0.258 e. The largest absolute Gasteiger partial charge is 0.569 e. The molecule has 17 heavy (non-hydrogen) atoms. The van der Waals surface area contributed by atoms with Gasteiger partial charge in [0.15, 0.2) is 5.16 Å². The molecule has 0 aromatic carbocycles. The van der Waals surface area contributed by atoms with Gasteiger partial charge in [-0.2, -0.15) is 4.98 Å². The zero-order valence-electron chi connectivity index (χ0n) is 10.0. The molecule has 0 unspecified atom stereocenters. The van der Waals surface area contributed by atoms with E-state index in [9.17, 15) is 5.21 Å². The molecule has 0 aliphatic rings. The van der Waals surface area contributed by atoms with E-state index in [1.807, 2.05) is 20.1 Å². The van der Waals surface area contributed by atoms with E-state index in [-0.39, 0.29) is 5.88 Å². The highest BCUT2D eigenvalue weighted by atomic mass is 32.2. The van der Waals surface area contributed by atoms with Gasteiger partial charge in [-0.3, -0.25) is 4.84 Å². The zero-order chi connectivity index (χ0) is 12.7. The second-order valence-corrected chi connectivity index (χ2v) is 3.72. The topological polar surface area (TPSA) is 76.7 Å². The third-order valence-corrected chi connectivity index (χ3v) is 2.53. The van der Waals surface area contributed by atoms with Gasteiger partial charge in [-0.05, 0) is 20.1 Å². The summed E-state index contributed by atoms with van der Waals surface area (Å²) in [5.41, 5.74) is 0. The van der Waals surface area contributed by atoms with E-state index in [1.165, 1.54) is 16.8 Å². The fourth-order valence-corrected chi connectivity index (χ4v) is 1.42. The molecule has 0 bridgehead atoms. The summed E-state index contributed by atoms with van der Waals surface area (Å²) in [7, 11) is 0. The molecular formula is C9H15N5O2S. The Morgan fingerprint density at radius 1 is 1.53 bits per heavy atom. The third kappa shape index (κ3) is 4.06. The van der Waals surface area contributed by atoms with Crippen LogP contribution in [-0.4, -0.2) is 39.3 Å². The van der Waals surface area contributed by atoms with Crippen LogP contribution in [0.25, 0.3) is 0 Å². The van der Waals surface area contributed by atoms with Gasteiger partial charge in [0.25, 0.3) is 5.88 Å². The van der Waals surface area contributed by atoms with Crippen molar-refractivity contribution >= 4 is 11.8 Å². The van der Waals surface area contributed by atoms with Crippen LogP contribution in [0.4, 0.5) is 0 Å². The molecular weight excluding hydrogens is 242 g/mol. The first-order valence-corrected chi connectivity index (χ1v) is 6.40. The summed E-state index contributed by atoms with van der Waals surface area (Å²) < 4.78 is 0. The van der Waals surface area contributed by atoms with Gasteiger partial charge in [0, 0.05) is 12.3 Å². The average molecular weight is 257 g/mol. The molecule has 0 saturated heterocycles. The number of hydrogen-bond donors (Lipinski definition) is 0. The molecule has 0 aliphatic carbocycles. The number of hydrazine groups is 1. The maximum atomic E-state index is 11.4. The van der Waals surface area contributed by atoms with E-state index in [0.717, 1.165) is 0 Å². The van der Waals surface area contributed by atoms with Crippen molar-refractivity contribution in [2.75, 3.05) is 19.3 Å². The van der Waals surface area contributed by atoms with Crippen LogP contribution in [0, 0.1) is 5.21 Å². The van der Waals surface area contributed by atoms with Crippen molar-refractivity contribution in [3.05, 3.63) is 17.5 Å². The van der Waals surface area contributed by atoms with Gasteiger partial charge < -0.3 is 5.21 Å². The Morgan fingerprint density at radius 2 is 2.24 bits per heavy atom. The second-order valence-electron chi connectivity index (χ2n) is 2.95. The third-order valence-electron chi connectivity index (χ3n) is 1.97. The Labute approximate surface area is 104 Å². The molecule has 94 valence electrons. The predicted molar refractivity (Wildman–Crippen MR) is 63.4 cm³/mol. The summed E-state index contributed by atoms with van der Waals surface area (Å²) in [6, 6.07) is 1.54. The Hall–Kier alpha value is -1.57. The number of hydrogen-bond acceptors (Lipinski definition) is 6. The molecule has 7 nitrogen and oxygen atoms in total. The van der Waals surface area contributed by atoms with Crippen LogP contribution in [0.1, 0.15) is 13.8 Å². The van der Waals surface area contributed by atoms with Gasteiger partial charge in [-0.1, -0.05) is 11.8 Å². The molecule has 0 amide bonds. The summed E-state index contributed by atoms with van der Waals surface area (Å²) in [4.78, 5) is 13.4. The van der Waals surface area contributed by atoms with Crippen molar-refractivity contribution in [1.82, 2.24) is 15.0 Å². The molecule has 1 rings (SSSR count). The van der Waals surface area contributed by atoms with E-state index in [1.54, 1.807) is 12.3 Å². The Bertz CT molecular complexity index is 383. The summed E-state index contributed by atoms with van der Waals surface area (Å²) in [5.74, 6) is 0.248. The van der Waals surface area contributed by atoms with Crippen molar-refractivity contribution in [3.8, 4) is 5.88 Å². The van der Waals surface area contributed by atoms with Gasteiger partial charge in [0.1, 0.15) is 0 Å². The molecule has 8 heteroatoms. The highest BCUT2D eigenvalue weighted by Crippen LogP contribution is 2.12. The number of aromatic nitrogens is 2. The fraction of sp³-hybridized carbons (Fsp3) is 0.556. The summed E-state index contributed by atoms with van der Waals surface area (Å²) in [6.07, 6.45) is 3.41. The van der Waals surface area contributed by atoms with E-state index in [2.05, 4.69) is 15.2 Å². The highest BCUT2D eigenvalue weighted by Gasteiger charge is 2.08. The van der Waals surface area contributed by atoms with Crippen LogP contribution in [0.15, 0.2) is 22.7 Å². The fourth-order valence-electron chi connectivity index (χ4n) is 1.07. The lowest BCUT2D eigenvalue weighted by molar-refractivity contribution is -0.706. The first-order valence-electron chi connectivity index (χ1n) is 5.18. The summed E-state index contributed by atoms with van der Waals surface area (Å²) in [5, 5.41) is 16.9. The van der Waals surface area contributed by atoms with Crippen LogP contribution >= 0.6 is 11.8 Å². The highest BCUT2D eigenvalue weighted by molar-refractivity contribution is 7.98. The average Bonchev–Trinajstić information content (AvgIpc) is 2.38. The Morgan fingerprint density at radius 3 is 2.82 bits per heavy atom. The molecule has 0 atom stereocenters. The molecule has 0 fully saturated rings. The van der Waals surface area contributed by atoms with Crippen molar-refractivity contribution < 1.29 is 9.81 Å². The second kappa shape index (κ2) is 6.89. The van der Waals surface area contributed by atoms with E-state index in [0.29, 0.717) is 23.2 Å². The van der Waals surface area contributed by atoms with Gasteiger partial charge in [-0.25, -0.2) is 4.98 Å². The lowest BCUT2D eigenvalue weighted by Crippen LogP contribution is -2.30. The van der Waals surface area contributed by atoms with Crippen LogP contribution < -0.4 is 4.84 Å². The van der Waals surface area contributed by atoms with Crippen LogP contribution in [0.2, 0.25) is 0 Å². The van der Waals surface area contributed by atoms with Gasteiger partial charge in [-0.15, -0.1) is 5.01 Å². The van der Waals surface area contributed by atoms with Crippen LogP contribution in [0.5, 0.6) is 5.88 Å². The quantitative estimate of drug-likeness (QED) is 0.254. The van der Waals surface area contributed by atoms with Crippen LogP contribution in [-0.2, 0) is 0 Å². The monoisotopic (exact) mass is 257 g/mol. The van der Waals surface area contributed by atoms with E-state index >= 15 is 0 Å². The van der Waals surface area contributed by atoms with E-state index in [4.69, 9.17) is 4.84 Å². The number of rotatable bonds is 6. The lowest BCUT2D eigenvalue weighted by Gasteiger charge is -2.12. The molecule has 0 N–H and O–H groups in total. The number of thioether (sulfide) groups is 1. The summed E-state index contributed by atoms with van der Waals surface area (Å²) in [6.45, 7) is 4.85. The number of nitrogens with zero attached hydrogens (tertiary/aromatic N) is 5. The van der Waals surface area contributed by atoms with Gasteiger partial charge in [0.2, 0.25) is 5.28 Å². The first kappa shape index (κ1) is 13.5. The maximum Gasteiger partial charge on any atom is 0.258 e. The van der Waals surface area contributed by atoms with Crippen LogP contribution in [0.3, 0.4) is 0 Å². The van der Waals surface area contributed by atoms with Crippen molar-refractivity contribution in [3.63, 3.8) is 0 Å². The van der Waals surface area contributed by atoms with Crippen molar-refractivity contribution in [1.29, 1.82) is 0 Å². The molecule has 0 spiro atoms. The predicted octanol–water partition coefficient (Wildman–Crippen LogP) is 1.71. The molecule has 1 heterocycles. The minimum Gasteiger partial charge on any atom is -0.569 e. The van der Waals surface area contributed by atoms with Gasteiger partial charge >= 0.3 is 0 Å². The van der Waals surface area contributed by atoms with E-state index < -0.39 is 0 Å². The van der Waals surface area contributed by atoms with Crippen molar-refractivity contribution in [2.24, 2.45) is 5.28 Å². The van der Waals surface area contributed by atoms with Crippen molar-refractivity contribution in [2.45, 2.75) is 19.0 Å². The molecule has 0 saturated carbocycles. The minimum atomic E-state index is 0.248. The maximum absolute atomic E-state index is 11.4. The summed E-state index contributed by atoms with van der Waals surface area (Å²) >= 11 is 1.39. The lowest BCUT2D eigenvalue weighted by atomic mass is 10.6. The first-order chi connectivity index (χ1) is 8.21. The Kier molecular flexibility index (Phi) is 5.47. The molecule has 1 aromatic rings. The zero-order valence-corrected chi connectivity index (χ0v) is 10.8. The molecule has 1 aromatic heterocycles. The Balaban J connectivity index is 2.67.